The molecule has 7 heteroatoms. The molecule has 31 heavy (non-hydrogen) atoms. The van der Waals surface area contributed by atoms with Crippen LogP contribution in [0.25, 0.3) is 0 Å². The molecular weight excluding hydrogens is 396 g/mol. The molecule has 2 amide bonds. The number of amides is 2. The highest BCUT2D eigenvalue weighted by atomic mass is 16.5. The van der Waals surface area contributed by atoms with Crippen LogP contribution in [0.1, 0.15) is 26.3 Å². The number of esters is 1. The maximum atomic E-state index is 12.7. The number of nitrogens with one attached hydrogen (secondary N) is 2. The topological polar surface area (TPSA) is 93.7 Å². The van der Waals surface area contributed by atoms with Gasteiger partial charge < -0.3 is 20.1 Å². The summed E-state index contributed by atoms with van der Waals surface area (Å²) in [5.41, 5.74) is 2.53. The van der Waals surface area contributed by atoms with Crippen molar-refractivity contribution >= 4 is 29.2 Å². The van der Waals surface area contributed by atoms with Gasteiger partial charge in [0.1, 0.15) is 5.75 Å². The van der Waals surface area contributed by atoms with Crippen LogP contribution < -0.4 is 15.4 Å². The Morgan fingerprint density at radius 1 is 0.871 bits per heavy atom. The highest BCUT2D eigenvalue weighted by Crippen LogP contribution is 2.18. The average Bonchev–Trinajstić information content (AvgIpc) is 2.78. The van der Waals surface area contributed by atoms with E-state index in [9.17, 15) is 14.4 Å². The van der Waals surface area contributed by atoms with Crippen molar-refractivity contribution in [1.29, 1.82) is 0 Å². The number of rotatable bonds is 7. The fraction of sp³-hybridized carbons (Fsp3) is 0.125. The fourth-order valence-corrected chi connectivity index (χ4v) is 2.86. The first-order valence-corrected chi connectivity index (χ1v) is 9.54. The molecule has 0 aromatic heterocycles. The predicted molar refractivity (Wildman–Crippen MR) is 117 cm³/mol. The van der Waals surface area contributed by atoms with Crippen LogP contribution in [0.2, 0.25) is 0 Å². The number of ether oxygens (including phenoxy) is 2. The molecule has 3 aromatic carbocycles. The van der Waals surface area contributed by atoms with Gasteiger partial charge in [0.15, 0.2) is 6.61 Å². The van der Waals surface area contributed by atoms with Gasteiger partial charge in [-0.3, -0.25) is 9.59 Å². The Balaban J connectivity index is 1.62. The minimum absolute atomic E-state index is 0.269. The molecule has 0 heterocycles. The van der Waals surface area contributed by atoms with Crippen LogP contribution in [0, 0.1) is 6.92 Å². The van der Waals surface area contributed by atoms with Gasteiger partial charge in [0.2, 0.25) is 0 Å². The van der Waals surface area contributed by atoms with E-state index in [1.165, 1.54) is 13.2 Å². The Labute approximate surface area is 180 Å². The lowest BCUT2D eigenvalue weighted by Crippen LogP contribution is -2.23. The smallest absolute Gasteiger partial charge is 0.338 e. The van der Waals surface area contributed by atoms with E-state index < -0.39 is 18.5 Å². The maximum absolute atomic E-state index is 12.7. The number of methoxy groups -OCH3 is 1. The maximum Gasteiger partial charge on any atom is 0.338 e. The summed E-state index contributed by atoms with van der Waals surface area (Å²) in [5, 5.41) is 5.42. The number of anilines is 2. The van der Waals surface area contributed by atoms with Crippen LogP contribution >= 0.6 is 0 Å². The van der Waals surface area contributed by atoms with E-state index in [1.54, 1.807) is 48.5 Å². The Hall–Kier alpha value is -4.13. The van der Waals surface area contributed by atoms with Gasteiger partial charge in [0.25, 0.3) is 11.8 Å². The zero-order chi connectivity index (χ0) is 22.2. The molecular formula is C24H22N2O5. The van der Waals surface area contributed by atoms with E-state index >= 15 is 0 Å². The van der Waals surface area contributed by atoms with Crippen molar-refractivity contribution in [2.45, 2.75) is 6.92 Å². The van der Waals surface area contributed by atoms with Crippen LogP contribution in [-0.4, -0.2) is 31.5 Å². The molecule has 2 N–H and O–H groups in total. The predicted octanol–water partition coefficient (Wildman–Crippen LogP) is 4.05. The third kappa shape index (κ3) is 5.93. The summed E-state index contributed by atoms with van der Waals surface area (Å²) < 4.78 is 10.1. The third-order valence-electron chi connectivity index (χ3n) is 4.36. The van der Waals surface area contributed by atoms with E-state index in [1.807, 2.05) is 25.1 Å². The van der Waals surface area contributed by atoms with E-state index in [4.69, 9.17) is 9.47 Å². The van der Waals surface area contributed by atoms with E-state index in [0.29, 0.717) is 17.1 Å². The molecule has 0 aliphatic carbocycles. The van der Waals surface area contributed by atoms with Gasteiger partial charge in [-0.1, -0.05) is 30.3 Å². The quantitative estimate of drug-likeness (QED) is 0.565. The molecule has 0 atom stereocenters. The highest BCUT2D eigenvalue weighted by Gasteiger charge is 2.15. The van der Waals surface area contributed by atoms with Gasteiger partial charge in [-0.2, -0.15) is 0 Å². The summed E-state index contributed by atoms with van der Waals surface area (Å²) in [6.45, 7) is 1.43. The Morgan fingerprint density at radius 2 is 1.65 bits per heavy atom. The first kappa shape index (κ1) is 21.6. The van der Waals surface area contributed by atoms with Crippen molar-refractivity contribution in [2.24, 2.45) is 0 Å². The third-order valence-corrected chi connectivity index (χ3v) is 4.36. The van der Waals surface area contributed by atoms with Crippen LogP contribution in [0.5, 0.6) is 5.75 Å². The second-order valence-electron chi connectivity index (χ2n) is 6.73. The molecule has 0 aliphatic heterocycles. The monoisotopic (exact) mass is 418 g/mol. The number of hydrogen-bond donors (Lipinski definition) is 2. The van der Waals surface area contributed by atoms with E-state index in [0.717, 1.165) is 5.56 Å². The second-order valence-corrected chi connectivity index (χ2v) is 6.73. The molecule has 0 spiro atoms. The highest BCUT2D eigenvalue weighted by molar-refractivity contribution is 6.10. The number of aryl methyl sites for hydroxylation is 1. The molecule has 0 fully saturated rings. The zero-order valence-corrected chi connectivity index (χ0v) is 17.2. The molecule has 0 saturated carbocycles. The molecule has 0 bridgehead atoms. The van der Waals surface area contributed by atoms with Crippen molar-refractivity contribution < 1.29 is 23.9 Å². The number of carbonyl (C=O) groups excluding carboxylic acids is 3. The Kier molecular flexibility index (Phi) is 7.01. The molecule has 0 radical (unpaired) electrons. The normalized spacial score (nSPS) is 10.1. The van der Waals surface area contributed by atoms with E-state index in [-0.39, 0.29) is 17.0 Å². The van der Waals surface area contributed by atoms with E-state index in [2.05, 4.69) is 10.6 Å². The van der Waals surface area contributed by atoms with Crippen molar-refractivity contribution in [3.05, 3.63) is 89.5 Å². The number of benzene rings is 3. The first-order valence-electron chi connectivity index (χ1n) is 9.54. The summed E-state index contributed by atoms with van der Waals surface area (Å²) in [4.78, 5) is 37.1. The van der Waals surface area contributed by atoms with Gasteiger partial charge in [0.05, 0.1) is 23.9 Å². The standard InChI is InChI=1S/C24H22N2O5/c1-16-7-5-9-18(13-16)25-23(28)20-11-3-4-12-21(20)26-22(27)15-31-24(29)17-8-6-10-19(14-17)30-2/h3-14H,15H2,1-2H3,(H,25,28)(H,26,27). The number of carbonyl (C=O) groups is 3. The summed E-state index contributed by atoms with van der Waals surface area (Å²) in [6.07, 6.45) is 0. The fourth-order valence-electron chi connectivity index (χ4n) is 2.86. The Morgan fingerprint density at radius 3 is 2.42 bits per heavy atom. The molecule has 0 aliphatic rings. The van der Waals surface area contributed by atoms with Crippen LogP contribution in [0.3, 0.4) is 0 Å². The van der Waals surface area contributed by atoms with Crippen molar-refractivity contribution in [3.8, 4) is 5.75 Å². The summed E-state index contributed by atoms with van der Waals surface area (Å²) >= 11 is 0. The van der Waals surface area contributed by atoms with Gasteiger partial charge >= 0.3 is 5.97 Å². The summed E-state index contributed by atoms with van der Waals surface area (Å²) in [6, 6.07) is 20.4. The zero-order valence-electron chi connectivity index (χ0n) is 17.2. The minimum atomic E-state index is -0.653. The Bertz CT molecular complexity index is 1110. The minimum Gasteiger partial charge on any atom is -0.497 e. The lowest BCUT2D eigenvalue weighted by Gasteiger charge is -2.12. The molecule has 0 unspecified atom stereocenters. The lowest BCUT2D eigenvalue weighted by molar-refractivity contribution is -0.119. The molecule has 7 nitrogen and oxygen atoms in total. The second kappa shape index (κ2) is 10.1. The van der Waals surface area contributed by atoms with Crippen LogP contribution in [-0.2, 0) is 9.53 Å². The average molecular weight is 418 g/mol. The van der Waals surface area contributed by atoms with Gasteiger partial charge in [-0.25, -0.2) is 4.79 Å². The van der Waals surface area contributed by atoms with Gasteiger partial charge in [0, 0.05) is 5.69 Å². The van der Waals surface area contributed by atoms with Crippen LogP contribution in [0.4, 0.5) is 11.4 Å². The molecule has 158 valence electrons. The van der Waals surface area contributed by atoms with Crippen LogP contribution in [0.15, 0.2) is 72.8 Å². The largest absolute Gasteiger partial charge is 0.497 e. The summed E-state index contributed by atoms with van der Waals surface area (Å²) in [5.74, 6) is -1.08. The van der Waals surface area contributed by atoms with Crippen molar-refractivity contribution in [1.82, 2.24) is 0 Å². The molecule has 3 aromatic rings. The van der Waals surface area contributed by atoms with Crippen molar-refractivity contribution in [2.75, 3.05) is 24.4 Å². The molecule has 0 saturated heterocycles. The first-order chi connectivity index (χ1) is 15.0. The SMILES string of the molecule is COc1cccc(C(=O)OCC(=O)Nc2ccccc2C(=O)Nc2cccc(C)c2)c1. The van der Waals surface area contributed by atoms with Crippen molar-refractivity contribution in [3.63, 3.8) is 0 Å². The number of para-hydroxylation sites is 1. The van der Waals surface area contributed by atoms with Gasteiger partial charge in [-0.05, 0) is 55.0 Å². The number of hydrogen-bond acceptors (Lipinski definition) is 5. The lowest BCUT2D eigenvalue weighted by atomic mass is 10.1. The summed E-state index contributed by atoms with van der Waals surface area (Å²) in [7, 11) is 1.49. The molecule has 3 rings (SSSR count). The van der Waals surface area contributed by atoms with Gasteiger partial charge in [-0.15, -0.1) is 0 Å².